The Morgan fingerprint density at radius 2 is 2.20 bits per heavy atom. The van der Waals surface area contributed by atoms with Gasteiger partial charge in [-0.25, -0.2) is 0 Å². The van der Waals surface area contributed by atoms with Gasteiger partial charge in [-0.3, -0.25) is 4.79 Å². The molecule has 0 radical (unpaired) electrons. The lowest BCUT2D eigenvalue weighted by atomic mass is 10.1. The van der Waals surface area contributed by atoms with Gasteiger partial charge in [0.15, 0.2) is 0 Å². The molecule has 2 N–H and O–H groups in total. The first-order valence-electron chi connectivity index (χ1n) is 4.35. The van der Waals surface area contributed by atoms with Crippen LogP contribution in [0.3, 0.4) is 0 Å². The Morgan fingerprint density at radius 3 is 2.80 bits per heavy atom. The van der Waals surface area contributed by atoms with Crippen molar-refractivity contribution in [3.63, 3.8) is 0 Å². The van der Waals surface area contributed by atoms with Crippen LogP contribution in [0.2, 0.25) is 5.02 Å². The second kappa shape index (κ2) is 5.49. The van der Waals surface area contributed by atoms with E-state index in [1.165, 1.54) is 0 Å². The fourth-order valence-corrected chi connectivity index (χ4v) is 1.81. The van der Waals surface area contributed by atoms with Crippen molar-refractivity contribution in [3.8, 4) is 0 Å². The van der Waals surface area contributed by atoms with E-state index in [2.05, 4.69) is 15.9 Å². The van der Waals surface area contributed by atoms with E-state index < -0.39 is 12.1 Å². The number of carboxylic acid groups (broad SMARTS) is 1. The molecule has 0 aromatic heterocycles. The highest BCUT2D eigenvalue weighted by molar-refractivity contribution is 9.10. The summed E-state index contributed by atoms with van der Waals surface area (Å²) in [7, 11) is 0. The highest BCUT2D eigenvalue weighted by atomic mass is 79.9. The molecule has 0 amide bonds. The van der Waals surface area contributed by atoms with Crippen LogP contribution >= 0.6 is 27.5 Å². The van der Waals surface area contributed by atoms with Crippen LogP contribution in [0.5, 0.6) is 0 Å². The van der Waals surface area contributed by atoms with Gasteiger partial charge in [0, 0.05) is 21.5 Å². The number of benzene rings is 1. The van der Waals surface area contributed by atoms with Crippen LogP contribution < -0.4 is 0 Å². The number of hydrogen-bond acceptors (Lipinski definition) is 2. The SMILES string of the molecule is O=C(O)CCC(O)c1cc(Br)ccc1Cl. The quantitative estimate of drug-likeness (QED) is 0.897. The minimum atomic E-state index is -0.930. The van der Waals surface area contributed by atoms with Gasteiger partial charge < -0.3 is 10.2 Å². The number of carboxylic acids is 1. The predicted molar refractivity (Wildman–Crippen MR) is 61.0 cm³/mol. The minimum Gasteiger partial charge on any atom is -0.481 e. The number of rotatable bonds is 4. The molecular weight excluding hydrogens is 283 g/mol. The van der Waals surface area contributed by atoms with Crippen molar-refractivity contribution >= 4 is 33.5 Å². The molecule has 1 aromatic rings. The van der Waals surface area contributed by atoms with Crippen LogP contribution in [0.15, 0.2) is 22.7 Å². The van der Waals surface area contributed by atoms with Crippen molar-refractivity contribution in [2.75, 3.05) is 0 Å². The number of aliphatic hydroxyl groups is 1. The van der Waals surface area contributed by atoms with Crippen LogP contribution in [0.25, 0.3) is 0 Å². The Balaban J connectivity index is 2.76. The van der Waals surface area contributed by atoms with E-state index in [0.717, 1.165) is 4.47 Å². The van der Waals surface area contributed by atoms with Gasteiger partial charge in [0.05, 0.1) is 6.10 Å². The van der Waals surface area contributed by atoms with Crippen molar-refractivity contribution in [3.05, 3.63) is 33.3 Å². The summed E-state index contributed by atoms with van der Waals surface area (Å²) in [5.74, 6) is -0.930. The first kappa shape index (κ1) is 12.5. The van der Waals surface area contributed by atoms with E-state index in [0.29, 0.717) is 10.6 Å². The van der Waals surface area contributed by atoms with Crippen molar-refractivity contribution in [2.24, 2.45) is 0 Å². The van der Waals surface area contributed by atoms with Gasteiger partial charge in [0.25, 0.3) is 0 Å². The highest BCUT2D eigenvalue weighted by Crippen LogP contribution is 2.28. The largest absolute Gasteiger partial charge is 0.481 e. The van der Waals surface area contributed by atoms with Crippen molar-refractivity contribution < 1.29 is 15.0 Å². The van der Waals surface area contributed by atoms with Gasteiger partial charge >= 0.3 is 5.97 Å². The van der Waals surface area contributed by atoms with Crippen molar-refractivity contribution in [2.45, 2.75) is 18.9 Å². The Hall–Kier alpha value is -0.580. The van der Waals surface area contributed by atoms with Crippen LogP contribution in [0.1, 0.15) is 24.5 Å². The highest BCUT2D eigenvalue weighted by Gasteiger charge is 2.13. The molecule has 3 nitrogen and oxygen atoms in total. The number of hydrogen-bond donors (Lipinski definition) is 2. The molecule has 0 heterocycles. The van der Waals surface area contributed by atoms with Crippen LogP contribution in [-0.2, 0) is 4.79 Å². The van der Waals surface area contributed by atoms with E-state index in [1.54, 1.807) is 18.2 Å². The second-order valence-electron chi connectivity index (χ2n) is 3.11. The van der Waals surface area contributed by atoms with Gasteiger partial charge in [-0.15, -0.1) is 0 Å². The summed E-state index contributed by atoms with van der Waals surface area (Å²) in [5, 5.41) is 18.6. The normalized spacial score (nSPS) is 12.5. The lowest BCUT2D eigenvalue weighted by Crippen LogP contribution is -2.03. The lowest BCUT2D eigenvalue weighted by molar-refractivity contribution is -0.137. The molecule has 0 fully saturated rings. The Kier molecular flexibility index (Phi) is 4.57. The summed E-state index contributed by atoms with van der Waals surface area (Å²) >= 11 is 9.14. The first-order chi connectivity index (χ1) is 7.00. The molecule has 0 aliphatic rings. The Bertz CT molecular complexity index is 368. The van der Waals surface area contributed by atoms with E-state index in [9.17, 15) is 9.90 Å². The molecule has 1 rings (SSSR count). The van der Waals surface area contributed by atoms with E-state index in [-0.39, 0.29) is 12.8 Å². The molecule has 0 aliphatic heterocycles. The molecule has 15 heavy (non-hydrogen) atoms. The molecule has 1 atom stereocenters. The smallest absolute Gasteiger partial charge is 0.303 e. The zero-order chi connectivity index (χ0) is 11.4. The van der Waals surface area contributed by atoms with Crippen molar-refractivity contribution in [1.82, 2.24) is 0 Å². The lowest BCUT2D eigenvalue weighted by Gasteiger charge is -2.11. The third-order valence-electron chi connectivity index (χ3n) is 1.95. The van der Waals surface area contributed by atoms with Crippen molar-refractivity contribution in [1.29, 1.82) is 0 Å². The standard InChI is InChI=1S/C10H10BrClO3/c11-6-1-2-8(12)7(5-6)9(13)3-4-10(14)15/h1-2,5,9,13H,3-4H2,(H,14,15). The monoisotopic (exact) mass is 292 g/mol. The van der Waals surface area contributed by atoms with Crippen LogP contribution in [0, 0.1) is 0 Å². The van der Waals surface area contributed by atoms with Gasteiger partial charge in [-0.1, -0.05) is 27.5 Å². The molecule has 5 heteroatoms. The predicted octanol–water partition coefficient (Wildman–Crippen LogP) is 3.00. The summed E-state index contributed by atoms with van der Waals surface area (Å²) in [5.41, 5.74) is 0.548. The average molecular weight is 294 g/mol. The fourth-order valence-electron chi connectivity index (χ4n) is 1.19. The number of carbonyl (C=O) groups is 1. The van der Waals surface area contributed by atoms with Gasteiger partial charge in [0.2, 0.25) is 0 Å². The number of aliphatic carboxylic acids is 1. The summed E-state index contributed by atoms with van der Waals surface area (Å²) in [6.07, 6.45) is -0.763. The molecule has 0 aliphatic carbocycles. The Labute approximate surface area is 101 Å². The maximum atomic E-state index is 10.3. The molecule has 0 bridgehead atoms. The molecule has 82 valence electrons. The third-order valence-corrected chi connectivity index (χ3v) is 2.79. The summed E-state index contributed by atoms with van der Waals surface area (Å²) in [4.78, 5) is 10.3. The molecule has 0 saturated carbocycles. The maximum absolute atomic E-state index is 10.3. The van der Waals surface area contributed by atoms with Gasteiger partial charge in [-0.05, 0) is 24.6 Å². The van der Waals surface area contributed by atoms with E-state index >= 15 is 0 Å². The molecule has 0 spiro atoms. The van der Waals surface area contributed by atoms with Crippen LogP contribution in [-0.4, -0.2) is 16.2 Å². The molecule has 1 aromatic carbocycles. The number of halogens is 2. The zero-order valence-electron chi connectivity index (χ0n) is 7.78. The second-order valence-corrected chi connectivity index (χ2v) is 4.44. The maximum Gasteiger partial charge on any atom is 0.303 e. The summed E-state index contributed by atoms with van der Waals surface area (Å²) in [6, 6.07) is 5.11. The topological polar surface area (TPSA) is 57.5 Å². The van der Waals surface area contributed by atoms with Crippen LogP contribution in [0.4, 0.5) is 0 Å². The minimum absolute atomic E-state index is 0.0794. The summed E-state index contributed by atoms with van der Waals surface area (Å²) in [6.45, 7) is 0. The summed E-state index contributed by atoms with van der Waals surface area (Å²) < 4.78 is 0.802. The van der Waals surface area contributed by atoms with E-state index in [4.69, 9.17) is 16.7 Å². The molecule has 1 unspecified atom stereocenters. The Morgan fingerprint density at radius 1 is 1.53 bits per heavy atom. The van der Waals surface area contributed by atoms with E-state index in [1.807, 2.05) is 0 Å². The first-order valence-corrected chi connectivity index (χ1v) is 5.52. The zero-order valence-corrected chi connectivity index (χ0v) is 10.1. The third kappa shape index (κ3) is 3.81. The number of aliphatic hydroxyl groups excluding tert-OH is 1. The van der Waals surface area contributed by atoms with Gasteiger partial charge in [0.1, 0.15) is 0 Å². The fraction of sp³-hybridized carbons (Fsp3) is 0.300. The molecule has 0 saturated heterocycles. The average Bonchev–Trinajstić information content (AvgIpc) is 2.18. The van der Waals surface area contributed by atoms with Gasteiger partial charge in [-0.2, -0.15) is 0 Å². The molecular formula is C10H10BrClO3.